The van der Waals surface area contributed by atoms with Crippen LogP contribution in [-0.2, 0) is 30.6 Å². The van der Waals surface area contributed by atoms with Crippen molar-refractivity contribution in [2.45, 2.75) is 88.0 Å². The molecule has 1 aliphatic carbocycles. The van der Waals surface area contributed by atoms with Crippen molar-refractivity contribution >= 4 is 28.8 Å². The van der Waals surface area contributed by atoms with E-state index in [1.54, 1.807) is 0 Å². The number of ether oxygens (including phenoxy) is 1. The molecule has 0 N–H and O–H groups in total. The van der Waals surface area contributed by atoms with Gasteiger partial charge in [-0.1, -0.05) is 58.7 Å². The first-order chi connectivity index (χ1) is 20.6. The first-order valence-electron chi connectivity index (χ1n) is 15.9. The molecular weight excluding hydrogens is 598 g/mol. The summed E-state index contributed by atoms with van der Waals surface area (Å²) in [7, 11) is 0. The molecule has 6 rings (SSSR count). The van der Waals surface area contributed by atoms with Gasteiger partial charge in [0.2, 0.25) is 0 Å². The third-order valence-corrected chi connectivity index (χ3v) is 10.2. The van der Waals surface area contributed by atoms with Crippen LogP contribution >= 0.6 is 0 Å². The smallest absolute Gasteiger partial charge is 0.657 e. The zero-order valence-corrected chi connectivity index (χ0v) is 30.7. The Kier molecular flexibility index (Phi) is 8.67. The fraction of sp³-hybridized carbons (Fsp3) is 0.432. The van der Waals surface area contributed by atoms with E-state index in [2.05, 4.69) is 73.6 Å². The van der Waals surface area contributed by atoms with Gasteiger partial charge in [0, 0.05) is 17.0 Å². The second kappa shape index (κ2) is 11.9. The minimum atomic E-state index is -0.583. The molecule has 5 heterocycles. The molecule has 2 unspecified atom stereocenters. The molecule has 0 fully saturated rings. The summed E-state index contributed by atoms with van der Waals surface area (Å²) in [6.07, 6.45) is 11.8. The standard InChI is InChI=1S/C37H43N4O2.Zn/c1-10-23-19(6)29-17-33-25(12-3)21(8)34(40-33)26-15-27(36(42)43-14-5)37(13-4)22(9)30(41-35(26)37)18-32-24(11-2)20(7)28(39-32)16-31(23)38-29;/h15-18,22H,10-14H2,1-9H3,(H-,38,39,40,41,42);/q-1;+2/p-1. The molecule has 224 valence electrons. The molecule has 0 aromatic carbocycles. The first kappa shape index (κ1) is 32.1. The van der Waals surface area contributed by atoms with Crippen LogP contribution in [0.1, 0.15) is 97.2 Å². The second-order valence-electron chi connectivity index (χ2n) is 12.0. The Hall–Kier alpha value is -3.31. The Labute approximate surface area is 274 Å². The molecule has 1 aromatic rings. The third-order valence-electron chi connectivity index (χ3n) is 10.2. The fourth-order valence-electron chi connectivity index (χ4n) is 7.74. The third kappa shape index (κ3) is 4.49. The normalized spacial score (nSPS) is 24.8. The van der Waals surface area contributed by atoms with Crippen molar-refractivity contribution in [3.63, 3.8) is 0 Å². The first-order valence-corrected chi connectivity index (χ1v) is 15.9. The Balaban J connectivity index is 0.00000384. The topological polar surface area (TPSA) is 83.5 Å². The van der Waals surface area contributed by atoms with E-state index in [1.165, 1.54) is 27.9 Å². The summed E-state index contributed by atoms with van der Waals surface area (Å²) in [5.74, 6) is -0.309. The average molecular weight is 640 g/mol. The van der Waals surface area contributed by atoms with Crippen LogP contribution in [0.4, 0.5) is 0 Å². The number of aromatic nitrogens is 1. The summed E-state index contributed by atoms with van der Waals surface area (Å²) in [5, 5.41) is 13.6. The van der Waals surface area contributed by atoms with Gasteiger partial charge in [-0.25, -0.2) is 9.98 Å². The Morgan fingerprint density at radius 2 is 1.48 bits per heavy atom. The Morgan fingerprint density at radius 3 is 2.05 bits per heavy atom. The van der Waals surface area contributed by atoms with Crippen LogP contribution in [0, 0.1) is 18.3 Å². The quantitative estimate of drug-likeness (QED) is 0.239. The van der Waals surface area contributed by atoms with Crippen LogP contribution in [0.15, 0.2) is 84.1 Å². The minimum Gasteiger partial charge on any atom is -0.657 e. The predicted molar refractivity (Wildman–Crippen MR) is 175 cm³/mol. The van der Waals surface area contributed by atoms with Gasteiger partial charge in [-0.3, -0.25) is 4.99 Å². The summed E-state index contributed by atoms with van der Waals surface area (Å²) in [6, 6.07) is 0. The van der Waals surface area contributed by atoms with E-state index in [0.717, 1.165) is 82.4 Å². The molecule has 6 nitrogen and oxygen atoms in total. The molecule has 0 radical (unpaired) electrons. The molecule has 4 aliphatic heterocycles. The number of hydrogen-bond acceptors (Lipinski definition) is 5. The number of aliphatic imine (C=N–C) groups is 3. The fourth-order valence-corrected chi connectivity index (χ4v) is 7.74. The second-order valence-corrected chi connectivity index (χ2v) is 12.0. The average Bonchev–Trinajstić information content (AvgIpc) is 3.72. The van der Waals surface area contributed by atoms with E-state index in [4.69, 9.17) is 24.7 Å². The van der Waals surface area contributed by atoms with E-state index >= 15 is 0 Å². The van der Waals surface area contributed by atoms with Gasteiger partial charge in [0.05, 0.1) is 34.5 Å². The van der Waals surface area contributed by atoms with Crippen molar-refractivity contribution in [2.75, 3.05) is 6.61 Å². The van der Waals surface area contributed by atoms with Gasteiger partial charge >= 0.3 is 19.5 Å². The number of nitrogens with zero attached hydrogens (tertiary/aromatic N) is 4. The van der Waals surface area contributed by atoms with Crippen LogP contribution in [-0.4, -0.2) is 23.7 Å². The van der Waals surface area contributed by atoms with Gasteiger partial charge in [-0.2, -0.15) is 0 Å². The molecule has 44 heavy (non-hydrogen) atoms. The number of rotatable bonds is 6. The van der Waals surface area contributed by atoms with Crippen LogP contribution < -0.4 is 10.1 Å². The van der Waals surface area contributed by atoms with Crippen LogP contribution in [0.5, 0.6) is 0 Å². The number of fused-ring (bicyclic) bond motifs is 6. The van der Waals surface area contributed by atoms with Crippen molar-refractivity contribution < 1.29 is 29.3 Å². The van der Waals surface area contributed by atoms with E-state index < -0.39 is 5.41 Å². The van der Waals surface area contributed by atoms with E-state index in [1.807, 2.05) is 13.0 Å². The van der Waals surface area contributed by atoms with Gasteiger partial charge < -0.3 is 14.8 Å². The van der Waals surface area contributed by atoms with E-state index in [9.17, 15) is 5.11 Å². The van der Waals surface area contributed by atoms with Gasteiger partial charge in [-0.15, -0.1) is 11.4 Å². The van der Waals surface area contributed by atoms with E-state index in [-0.39, 0.29) is 31.3 Å². The maximum atomic E-state index is 13.6. The molecular formula is C37H42N4O2Zn. The van der Waals surface area contributed by atoms with Crippen molar-refractivity contribution in [1.29, 1.82) is 0 Å². The van der Waals surface area contributed by atoms with Crippen LogP contribution in [0.25, 0.3) is 11.6 Å². The van der Waals surface area contributed by atoms with Crippen molar-refractivity contribution in [1.82, 2.24) is 4.98 Å². The van der Waals surface area contributed by atoms with Crippen molar-refractivity contribution in [3.05, 3.63) is 91.6 Å². The summed E-state index contributed by atoms with van der Waals surface area (Å²) in [4.78, 5) is 20.9. The Morgan fingerprint density at radius 1 is 0.864 bits per heavy atom. The van der Waals surface area contributed by atoms with Gasteiger partial charge in [-0.05, 0) is 105 Å². The summed E-state index contributed by atoms with van der Waals surface area (Å²) >= 11 is 0. The molecule has 0 spiro atoms. The Bertz CT molecular complexity index is 1760. The zero-order chi connectivity index (χ0) is 30.8. The SMILES string of the molecule is CCOC([O-])=C1C=C2C3=NC(=CC4=NC(=CC5=NC(=Cc6[n-]c2c(C)c6CC)C(C)=C5CC)C(C)=C4CC)C(C)C31CC.[Zn+2]. The number of allylic oxidation sites excluding steroid dienone is 10. The van der Waals surface area contributed by atoms with E-state index in [0.29, 0.717) is 12.2 Å². The molecule has 0 saturated carbocycles. The summed E-state index contributed by atoms with van der Waals surface area (Å²) < 4.78 is 5.65. The van der Waals surface area contributed by atoms with Gasteiger partial charge in [0.25, 0.3) is 0 Å². The number of hydrogen-bond donors (Lipinski definition) is 0. The maximum absolute atomic E-state index is 13.6. The molecule has 0 saturated heterocycles. The van der Waals surface area contributed by atoms with Gasteiger partial charge in [0.15, 0.2) is 0 Å². The zero-order valence-electron chi connectivity index (χ0n) is 27.7. The van der Waals surface area contributed by atoms with Crippen molar-refractivity contribution in [3.8, 4) is 0 Å². The molecule has 0 amide bonds. The van der Waals surface area contributed by atoms with Crippen LogP contribution in [0.2, 0.25) is 0 Å². The van der Waals surface area contributed by atoms with Crippen LogP contribution in [0.3, 0.4) is 0 Å². The largest absolute Gasteiger partial charge is 2.00 e. The summed E-state index contributed by atoms with van der Waals surface area (Å²) in [5.41, 5.74) is 15.7. The molecule has 8 bridgehead atoms. The predicted octanol–water partition coefficient (Wildman–Crippen LogP) is 7.49. The minimum absolute atomic E-state index is 0. The maximum Gasteiger partial charge on any atom is 2.00 e. The molecule has 1 aromatic heterocycles. The monoisotopic (exact) mass is 638 g/mol. The summed E-state index contributed by atoms with van der Waals surface area (Å²) in [6.45, 7) is 19.5. The molecule has 2 atom stereocenters. The molecule has 7 heteroatoms. The van der Waals surface area contributed by atoms with Gasteiger partial charge in [0.1, 0.15) is 0 Å². The van der Waals surface area contributed by atoms with Crippen molar-refractivity contribution in [2.24, 2.45) is 26.3 Å². The molecule has 5 aliphatic rings.